The van der Waals surface area contributed by atoms with Gasteiger partial charge < -0.3 is 10.1 Å². The van der Waals surface area contributed by atoms with E-state index < -0.39 is 0 Å². The fourth-order valence-electron chi connectivity index (χ4n) is 2.51. The number of amides is 1. The minimum Gasteiger partial charge on any atom is -0.494 e. The van der Waals surface area contributed by atoms with Gasteiger partial charge in [-0.25, -0.2) is 0 Å². The maximum atomic E-state index is 12.3. The molecule has 0 radical (unpaired) electrons. The van der Waals surface area contributed by atoms with Crippen LogP contribution >= 0.6 is 12.2 Å². The highest BCUT2D eigenvalue weighted by Gasteiger charge is 2.09. The van der Waals surface area contributed by atoms with Crippen molar-refractivity contribution in [3.05, 3.63) is 59.7 Å². The van der Waals surface area contributed by atoms with E-state index in [9.17, 15) is 4.79 Å². The molecule has 4 nitrogen and oxygen atoms in total. The molecular formula is C22H28N2O2S. The van der Waals surface area contributed by atoms with Crippen molar-refractivity contribution in [3.63, 3.8) is 0 Å². The minimum absolute atomic E-state index is 0.246. The van der Waals surface area contributed by atoms with E-state index in [1.807, 2.05) is 12.1 Å². The van der Waals surface area contributed by atoms with Gasteiger partial charge in [-0.1, -0.05) is 39.3 Å². The molecule has 0 unspecified atom stereocenters. The van der Waals surface area contributed by atoms with Crippen LogP contribution in [0.25, 0.3) is 0 Å². The average Bonchev–Trinajstić information content (AvgIpc) is 2.68. The molecule has 2 N–H and O–H groups in total. The van der Waals surface area contributed by atoms with E-state index in [4.69, 9.17) is 17.0 Å². The molecule has 0 aromatic heterocycles. The third-order valence-electron chi connectivity index (χ3n) is 4.46. The molecule has 5 heteroatoms. The van der Waals surface area contributed by atoms with Crippen LogP contribution in [0.3, 0.4) is 0 Å². The van der Waals surface area contributed by atoms with Crippen molar-refractivity contribution in [2.24, 2.45) is 0 Å². The number of hydrogen-bond acceptors (Lipinski definition) is 3. The van der Waals surface area contributed by atoms with Gasteiger partial charge in [0.1, 0.15) is 5.75 Å². The number of rotatable bonds is 8. The van der Waals surface area contributed by atoms with Crippen LogP contribution in [-0.4, -0.2) is 17.6 Å². The topological polar surface area (TPSA) is 50.4 Å². The molecule has 0 fully saturated rings. The van der Waals surface area contributed by atoms with E-state index in [0.717, 1.165) is 30.7 Å². The van der Waals surface area contributed by atoms with Crippen LogP contribution in [0.5, 0.6) is 5.75 Å². The molecule has 2 aromatic rings. The van der Waals surface area contributed by atoms with Gasteiger partial charge in [0.25, 0.3) is 5.91 Å². The molecule has 0 aliphatic heterocycles. The van der Waals surface area contributed by atoms with Gasteiger partial charge in [0.05, 0.1) is 6.61 Å². The first-order valence-corrected chi connectivity index (χ1v) is 9.89. The van der Waals surface area contributed by atoms with Gasteiger partial charge in [-0.15, -0.1) is 0 Å². The molecule has 0 spiro atoms. The number of unbranched alkanes of at least 4 members (excludes halogenated alkanes) is 1. The zero-order chi connectivity index (χ0) is 19.6. The molecule has 1 atom stereocenters. The fourth-order valence-corrected chi connectivity index (χ4v) is 2.72. The first kappa shape index (κ1) is 20.9. The van der Waals surface area contributed by atoms with Crippen LogP contribution in [0.2, 0.25) is 0 Å². The van der Waals surface area contributed by atoms with Gasteiger partial charge >= 0.3 is 0 Å². The van der Waals surface area contributed by atoms with E-state index in [0.29, 0.717) is 18.1 Å². The van der Waals surface area contributed by atoms with Gasteiger partial charge in [0.15, 0.2) is 5.11 Å². The van der Waals surface area contributed by atoms with Crippen molar-refractivity contribution in [1.29, 1.82) is 0 Å². The van der Waals surface area contributed by atoms with Crippen molar-refractivity contribution in [3.8, 4) is 5.75 Å². The van der Waals surface area contributed by atoms with Crippen LogP contribution < -0.4 is 15.4 Å². The second-order valence-corrected chi connectivity index (χ2v) is 6.97. The highest BCUT2D eigenvalue weighted by molar-refractivity contribution is 7.80. The van der Waals surface area contributed by atoms with E-state index in [2.05, 4.69) is 43.5 Å². The Balaban J connectivity index is 1.86. The highest BCUT2D eigenvalue weighted by Crippen LogP contribution is 2.20. The van der Waals surface area contributed by atoms with Crippen molar-refractivity contribution < 1.29 is 9.53 Å². The summed E-state index contributed by atoms with van der Waals surface area (Å²) >= 11 is 5.25. The van der Waals surface area contributed by atoms with Crippen molar-refractivity contribution in [2.45, 2.75) is 46.0 Å². The smallest absolute Gasteiger partial charge is 0.257 e. The summed E-state index contributed by atoms with van der Waals surface area (Å²) in [6, 6.07) is 15.2. The number of hydrogen-bond donors (Lipinski definition) is 2. The number of thiocarbonyl (C=S) groups is 1. The number of ether oxygens (including phenoxy) is 1. The summed E-state index contributed by atoms with van der Waals surface area (Å²) < 4.78 is 5.61. The molecule has 0 aliphatic carbocycles. The van der Waals surface area contributed by atoms with Crippen molar-refractivity contribution in [1.82, 2.24) is 5.32 Å². The minimum atomic E-state index is -0.246. The third-order valence-corrected chi connectivity index (χ3v) is 4.66. The zero-order valence-electron chi connectivity index (χ0n) is 16.2. The Bertz CT molecular complexity index is 742. The first-order chi connectivity index (χ1) is 13.0. The standard InChI is InChI=1S/C22H28N2O2S/c1-4-6-15-26-20-13-9-18(10-14-20)21(25)24-22(27)23-19-11-7-17(8-12-19)16(3)5-2/h7-14,16H,4-6,15H2,1-3H3,(H2,23,24,25,27)/t16-/m1/s1. The van der Waals surface area contributed by atoms with Gasteiger partial charge in [-0.05, 0) is 72.9 Å². The second kappa shape index (κ2) is 10.7. The summed E-state index contributed by atoms with van der Waals surface area (Å²) in [5.41, 5.74) is 2.68. The lowest BCUT2D eigenvalue weighted by atomic mass is 9.99. The summed E-state index contributed by atoms with van der Waals surface area (Å²) in [6.07, 6.45) is 3.20. The van der Waals surface area contributed by atoms with Crippen molar-refractivity contribution >= 4 is 28.9 Å². The molecule has 0 heterocycles. The molecule has 27 heavy (non-hydrogen) atoms. The van der Waals surface area contributed by atoms with Crippen molar-refractivity contribution in [2.75, 3.05) is 11.9 Å². The highest BCUT2D eigenvalue weighted by atomic mass is 32.1. The first-order valence-electron chi connectivity index (χ1n) is 9.48. The lowest BCUT2D eigenvalue weighted by molar-refractivity contribution is 0.0977. The lowest BCUT2D eigenvalue weighted by Gasteiger charge is -2.12. The van der Waals surface area contributed by atoms with Gasteiger partial charge in [-0.3, -0.25) is 10.1 Å². The number of nitrogens with one attached hydrogen (secondary N) is 2. The SMILES string of the molecule is CCCCOc1ccc(C(=O)NC(=S)Nc2ccc([C@H](C)CC)cc2)cc1. The molecule has 144 valence electrons. The lowest BCUT2D eigenvalue weighted by Crippen LogP contribution is -2.34. The van der Waals surface area contributed by atoms with Gasteiger partial charge in [0, 0.05) is 11.3 Å². The predicted octanol–water partition coefficient (Wildman–Crippen LogP) is 5.51. The van der Waals surface area contributed by atoms with Crippen LogP contribution in [0.4, 0.5) is 5.69 Å². The molecule has 2 aromatic carbocycles. The monoisotopic (exact) mass is 384 g/mol. The normalized spacial score (nSPS) is 11.5. The number of carbonyl (C=O) groups is 1. The summed E-state index contributed by atoms with van der Waals surface area (Å²) in [5, 5.41) is 6.03. The quantitative estimate of drug-likeness (QED) is 0.466. The number of carbonyl (C=O) groups excluding carboxylic acids is 1. The molecular weight excluding hydrogens is 356 g/mol. The molecule has 0 saturated heterocycles. The van der Waals surface area contributed by atoms with Crippen LogP contribution in [0.15, 0.2) is 48.5 Å². The maximum absolute atomic E-state index is 12.3. The molecule has 0 aliphatic rings. The molecule has 0 saturated carbocycles. The Morgan fingerprint density at radius 2 is 1.74 bits per heavy atom. The summed E-state index contributed by atoms with van der Waals surface area (Å²) in [5.74, 6) is 1.05. The Hall–Kier alpha value is -2.40. The van der Waals surface area contributed by atoms with E-state index in [1.165, 1.54) is 5.56 Å². The van der Waals surface area contributed by atoms with E-state index in [1.54, 1.807) is 24.3 Å². The molecule has 2 rings (SSSR count). The summed E-state index contributed by atoms with van der Waals surface area (Å²) in [6.45, 7) is 7.18. The fraction of sp³-hybridized carbons (Fsp3) is 0.364. The second-order valence-electron chi connectivity index (χ2n) is 6.57. The molecule has 1 amide bonds. The summed E-state index contributed by atoms with van der Waals surface area (Å²) in [7, 11) is 0. The van der Waals surface area contributed by atoms with Crippen LogP contribution in [0.1, 0.15) is 61.9 Å². The average molecular weight is 385 g/mol. The van der Waals surface area contributed by atoms with E-state index in [-0.39, 0.29) is 11.0 Å². The predicted molar refractivity (Wildman–Crippen MR) is 116 cm³/mol. The Kier molecular flexibility index (Phi) is 8.27. The van der Waals surface area contributed by atoms with Gasteiger partial charge in [0.2, 0.25) is 0 Å². The number of anilines is 1. The zero-order valence-corrected chi connectivity index (χ0v) is 17.1. The van der Waals surface area contributed by atoms with Gasteiger partial charge in [-0.2, -0.15) is 0 Å². The summed E-state index contributed by atoms with van der Waals surface area (Å²) in [4.78, 5) is 12.3. The Morgan fingerprint density at radius 3 is 2.33 bits per heavy atom. The Labute approximate surface area is 167 Å². The molecule has 0 bridgehead atoms. The number of benzene rings is 2. The Morgan fingerprint density at radius 1 is 1.07 bits per heavy atom. The largest absolute Gasteiger partial charge is 0.494 e. The third kappa shape index (κ3) is 6.68. The van der Waals surface area contributed by atoms with Crippen LogP contribution in [0, 0.1) is 0 Å². The maximum Gasteiger partial charge on any atom is 0.257 e. The van der Waals surface area contributed by atoms with E-state index >= 15 is 0 Å². The van der Waals surface area contributed by atoms with Crippen LogP contribution in [-0.2, 0) is 0 Å².